The molecule has 0 spiro atoms. The van der Waals surface area contributed by atoms with Crippen LogP contribution in [0, 0.1) is 6.42 Å². The minimum Gasteiger partial charge on any atom is -0.386 e. The molecule has 0 rings (SSSR count). The van der Waals surface area contributed by atoms with Crippen molar-refractivity contribution < 1.29 is 14.7 Å². The van der Waals surface area contributed by atoms with Gasteiger partial charge in [-0.1, -0.05) is 0 Å². The first-order valence-corrected chi connectivity index (χ1v) is 2.70. The molecule has 0 aliphatic heterocycles. The summed E-state index contributed by atoms with van der Waals surface area (Å²) in [6, 6.07) is 0. The Labute approximate surface area is 53.7 Å². The van der Waals surface area contributed by atoms with Crippen molar-refractivity contribution in [2.45, 2.75) is 18.9 Å². The van der Waals surface area contributed by atoms with E-state index >= 15 is 0 Å². The summed E-state index contributed by atoms with van der Waals surface area (Å²) in [5, 5.41) is 8.57. The molecule has 0 aromatic rings. The fourth-order valence-electron chi connectivity index (χ4n) is 0.391. The number of hydrogen-bond donors (Lipinski definition) is 1. The number of carbonyl (C=O) groups excluding carboxylic acids is 2. The van der Waals surface area contributed by atoms with Gasteiger partial charge in [-0.05, 0) is 12.8 Å². The third-order valence-electron chi connectivity index (χ3n) is 0.828. The first-order chi connectivity index (χ1) is 4.31. The maximum absolute atomic E-state index is 9.74. The van der Waals surface area contributed by atoms with Gasteiger partial charge in [0.05, 0.1) is 0 Å². The van der Waals surface area contributed by atoms with E-state index in [1.165, 1.54) is 0 Å². The minimum atomic E-state index is -0.940. The summed E-state index contributed by atoms with van der Waals surface area (Å²) in [6.07, 6.45) is 2.35. The first-order valence-electron chi connectivity index (χ1n) is 2.70. The van der Waals surface area contributed by atoms with Gasteiger partial charge < -0.3 is 14.7 Å². The van der Waals surface area contributed by atoms with Gasteiger partial charge in [0.2, 0.25) is 0 Å². The minimum absolute atomic E-state index is 0.266. The van der Waals surface area contributed by atoms with Gasteiger partial charge in [-0.2, -0.15) is 0 Å². The molecule has 1 atom stereocenters. The van der Waals surface area contributed by atoms with Gasteiger partial charge in [0.15, 0.2) is 0 Å². The second-order valence-electron chi connectivity index (χ2n) is 1.63. The van der Waals surface area contributed by atoms with Crippen molar-refractivity contribution in [3.8, 4) is 0 Å². The van der Waals surface area contributed by atoms with Crippen molar-refractivity contribution in [3.63, 3.8) is 0 Å². The first kappa shape index (κ1) is 8.30. The summed E-state index contributed by atoms with van der Waals surface area (Å²) in [6.45, 7) is 0. The van der Waals surface area contributed by atoms with Crippen molar-refractivity contribution >= 4 is 12.6 Å². The molecule has 3 nitrogen and oxygen atoms in total. The topological polar surface area (TPSA) is 54.4 Å². The zero-order valence-corrected chi connectivity index (χ0v) is 4.99. The van der Waals surface area contributed by atoms with E-state index in [9.17, 15) is 9.59 Å². The van der Waals surface area contributed by atoms with E-state index in [0.717, 1.165) is 6.29 Å². The lowest BCUT2D eigenvalue weighted by atomic mass is 10.2. The molecule has 1 unspecified atom stereocenters. The Bertz CT molecular complexity index is 90.3. The van der Waals surface area contributed by atoms with Crippen molar-refractivity contribution in [1.29, 1.82) is 0 Å². The second kappa shape index (κ2) is 5.44. The Morgan fingerprint density at radius 1 is 1.44 bits per heavy atom. The summed E-state index contributed by atoms with van der Waals surface area (Å²) in [5.74, 6) is 0. The predicted molar refractivity (Wildman–Crippen MR) is 31.7 cm³/mol. The molecule has 0 aromatic heterocycles. The maximum atomic E-state index is 9.74. The molecule has 3 heteroatoms. The molecule has 0 aromatic carbocycles. The van der Waals surface area contributed by atoms with Crippen molar-refractivity contribution in [3.05, 3.63) is 6.42 Å². The van der Waals surface area contributed by atoms with Crippen LogP contribution in [0.15, 0.2) is 0 Å². The largest absolute Gasteiger partial charge is 0.386 e. The number of aliphatic hydroxyl groups is 1. The highest BCUT2D eigenvalue weighted by molar-refractivity contribution is 5.56. The van der Waals surface area contributed by atoms with E-state index in [0.29, 0.717) is 12.7 Å². The summed E-state index contributed by atoms with van der Waals surface area (Å²) < 4.78 is 0. The van der Waals surface area contributed by atoms with E-state index in [-0.39, 0.29) is 6.42 Å². The molecule has 1 N–H and O–H groups in total. The molecular weight excluding hydrogens is 120 g/mol. The maximum Gasteiger partial charge on any atom is 0.148 e. The third kappa shape index (κ3) is 5.17. The lowest BCUT2D eigenvalue weighted by molar-refractivity contribution is -0.115. The van der Waals surface area contributed by atoms with Crippen LogP contribution in [0.5, 0.6) is 0 Å². The molecular formula is C6H9O3. The molecule has 0 aliphatic rings. The number of unbranched alkanes of at least 4 members (excludes halogenated alkanes) is 1. The lowest BCUT2D eigenvalue weighted by Crippen LogP contribution is -2.07. The highest BCUT2D eigenvalue weighted by atomic mass is 16.3. The standard InChI is InChI=1S/C6H9O3/c7-4-2-1-3-6(9)5-8/h1,4-6,9H,2-3H2. The van der Waals surface area contributed by atoms with Gasteiger partial charge in [-0.15, -0.1) is 0 Å². The highest BCUT2D eigenvalue weighted by Crippen LogP contribution is 1.93. The Hall–Kier alpha value is -0.700. The predicted octanol–water partition coefficient (Wildman–Crippen LogP) is -0.270. The average Bonchev–Trinajstić information content (AvgIpc) is 1.89. The summed E-state index contributed by atoms with van der Waals surface area (Å²) >= 11 is 0. The van der Waals surface area contributed by atoms with Gasteiger partial charge in [0.25, 0.3) is 0 Å². The van der Waals surface area contributed by atoms with Crippen LogP contribution in [0.2, 0.25) is 0 Å². The molecule has 0 fully saturated rings. The Morgan fingerprint density at radius 2 is 2.11 bits per heavy atom. The second-order valence-corrected chi connectivity index (χ2v) is 1.63. The van der Waals surface area contributed by atoms with Crippen LogP contribution in [0.1, 0.15) is 12.8 Å². The van der Waals surface area contributed by atoms with Crippen molar-refractivity contribution in [2.24, 2.45) is 0 Å². The number of aldehydes is 2. The van der Waals surface area contributed by atoms with Crippen molar-refractivity contribution in [1.82, 2.24) is 0 Å². The number of carbonyl (C=O) groups is 2. The lowest BCUT2D eigenvalue weighted by Gasteiger charge is -1.96. The van der Waals surface area contributed by atoms with Crippen LogP contribution in [0.3, 0.4) is 0 Å². The number of rotatable bonds is 5. The molecule has 0 amide bonds. The Morgan fingerprint density at radius 3 is 2.56 bits per heavy atom. The summed E-state index contributed by atoms with van der Waals surface area (Å²) in [4.78, 5) is 19.4. The molecule has 0 aliphatic carbocycles. The van der Waals surface area contributed by atoms with Gasteiger partial charge in [0.1, 0.15) is 18.7 Å². The third-order valence-corrected chi connectivity index (χ3v) is 0.828. The zero-order valence-electron chi connectivity index (χ0n) is 4.99. The Balaban J connectivity index is 3.05. The van der Waals surface area contributed by atoms with Gasteiger partial charge in [-0.25, -0.2) is 0 Å². The van der Waals surface area contributed by atoms with Crippen LogP contribution in [0.25, 0.3) is 0 Å². The fourth-order valence-corrected chi connectivity index (χ4v) is 0.391. The molecule has 0 heterocycles. The van der Waals surface area contributed by atoms with Crippen LogP contribution in [-0.4, -0.2) is 23.8 Å². The Kier molecular flexibility index (Phi) is 5.01. The molecule has 0 saturated carbocycles. The molecule has 1 radical (unpaired) electrons. The van der Waals surface area contributed by atoms with Crippen LogP contribution < -0.4 is 0 Å². The monoisotopic (exact) mass is 129 g/mol. The fraction of sp³-hybridized carbons (Fsp3) is 0.500. The molecule has 51 valence electrons. The number of hydrogen-bond acceptors (Lipinski definition) is 3. The SMILES string of the molecule is O=CC[CH]CC(O)C=O. The normalized spacial score (nSPS) is 12.6. The van der Waals surface area contributed by atoms with Crippen LogP contribution >= 0.6 is 0 Å². The van der Waals surface area contributed by atoms with Crippen LogP contribution in [-0.2, 0) is 9.59 Å². The highest BCUT2D eigenvalue weighted by Gasteiger charge is 1.98. The zero-order chi connectivity index (χ0) is 7.11. The van der Waals surface area contributed by atoms with E-state index < -0.39 is 6.10 Å². The smallest absolute Gasteiger partial charge is 0.148 e. The average molecular weight is 129 g/mol. The van der Waals surface area contributed by atoms with E-state index in [2.05, 4.69) is 0 Å². The summed E-state index contributed by atoms with van der Waals surface area (Å²) in [5.41, 5.74) is 0. The summed E-state index contributed by atoms with van der Waals surface area (Å²) in [7, 11) is 0. The van der Waals surface area contributed by atoms with Gasteiger partial charge >= 0.3 is 0 Å². The van der Waals surface area contributed by atoms with Crippen LogP contribution in [0.4, 0.5) is 0 Å². The molecule has 0 bridgehead atoms. The van der Waals surface area contributed by atoms with Gasteiger partial charge in [-0.3, -0.25) is 0 Å². The molecule has 0 saturated heterocycles. The van der Waals surface area contributed by atoms with E-state index in [1.54, 1.807) is 6.42 Å². The molecule has 9 heavy (non-hydrogen) atoms. The van der Waals surface area contributed by atoms with E-state index in [1.807, 2.05) is 0 Å². The van der Waals surface area contributed by atoms with Crippen molar-refractivity contribution in [2.75, 3.05) is 0 Å². The van der Waals surface area contributed by atoms with E-state index in [4.69, 9.17) is 5.11 Å². The number of aliphatic hydroxyl groups excluding tert-OH is 1. The quantitative estimate of drug-likeness (QED) is 0.410. The van der Waals surface area contributed by atoms with Gasteiger partial charge in [0, 0.05) is 6.42 Å².